The Hall–Kier alpha value is -3.44. The van der Waals surface area contributed by atoms with Gasteiger partial charge in [0.15, 0.2) is 0 Å². The average Bonchev–Trinajstić information content (AvgIpc) is 2.89. The molecule has 3 aromatic carbocycles. The Kier molecular flexibility index (Phi) is 6.45. The van der Waals surface area contributed by atoms with Gasteiger partial charge < -0.3 is 15.3 Å². The predicted molar refractivity (Wildman–Crippen MR) is 131 cm³/mol. The Morgan fingerprint density at radius 3 is 1.97 bits per heavy atom. The van der Waals surface area contributed by atoms with Gasteiger partial charge in [-0.25, -0.2) is 4.79 Å². The normalized spacial score (nSPS) is 23.7. The van der Waals surface area contributed by atoms with E-state index < -0.39 is 17.9 Å². The van der Waals surface area contributed by atoms with Crippen LogP contribution in [0.4, 0.5) is 0 Å². The number of nitrogens with one attached hydrogen (secondary N) is 1. The second-order valence-electron chi connectivity index (χ2n) is 9.39. The van der Waals surface area contributed by atoms with Crippen molar-refractivity contribution in [1.82, 2.24) is 10.2 Å². The van der Waals surface area contributed by atoms with Gasteiger partial charge in [0.1, 0.15) is 6.04 Å². The van der Waals surface area contributed by atoms with E-state index in [0.717, 1.165) is 30.4 Å². The zero-order valence-corrected chi connectivity index (χ0v) is 19.1. The first-order chi connectivity index (χ1) is 16.6. The highest BCUT2D eigenvalue weighted by Gasteiger charge is 2.53. The van der Waals surface area contributed by atoms with Crippen molar-refractivity contribution >= 4 is 11.9 Å². The number of carbonyl (C=O) groups is 2. The fourth-order valence-electron chi connectivity index (χ4n) is 5.85. The summed E-state index contributed by atoms with van der Waals surface area (Å²) < 4.78 is 0. The Labute approximate surface area is 200 Å². The monoisotopic (exact) mass is 454 g/mol. The number of rotatable bonds is 7. The van der Waals surface area contributed by atoms with Crippen molar-refractivity contribution < 1.29 is 14.7 Å². The van der Waals surface area contributed by atoms with E-state index in [0.29, 0.717) is 6.54 Å². The Morgan fingerprint density at radius 1 is 0.853 bits per heavy atom. The summed E-state index contributed by atoms with van der Waals surface area (Å²) in [6.45, 7) is 0.700. The van der Waals surface area contributed by atoms with Gasteiger partial charge in [-0.05, 0) is 36.0 Å². The largest absolute Gasteiger partial charge is 0.480 e. The van der Waals surface area contributed by atoms with E-state index in [2.05, 4.69) is 17.4 Å². The summed E-state index contributed by atoms with van der Waals surface area (Å²) in [5.74, 6) is -1.64. The van der Waals surface area contributed by atoms with Crippen molar-refractivity contribution in [1.29, 1.82) is 0 Å². The van der Waals surface area contributed by atoms with Crippen LogP contribution in [-0.4, -0.2) is 40.0 Å². The van der Waals surface area contributed by atoms with Gasteiger partial charge in [-0.1, -0.05) is 91.0 Å². The number of fused-ring (bicyclic) bond motifs is 3. The molecular weight excluding hydrogens is 424 g/mol. The number of nitrogens with zero attached hydrogens (tertiary/aromatic N) is 1. The lowest BCUT2D eigenvalue weighted by atomic mass is 9.70. The smallest absolute Gasteiger partial charge is 0.326 e. The third kappa shape index (κ3) is 4.36. The van der Waals surface area contributed by atoms with Crippen LogP contribution in [0.5, 0.6) is 0 Å². The van der Waals surface area contributed by atoms with Gasteiger partial charge in [-0.15, -0.1) is 0 Å². The molecular formula is C29H30N2O3. The lowest BCUT2D eigenvalue weighted by Crippen LogP contribution is -2.67. The number of carboxylic acids is 1. The number of benzene rings is 3. The lowest BCUT2D eigenvalue weighted by Gasteiger charge is -2.54. The minimum atomic E-state index is -0.908. The third-order valence-electron chi connectivity index (χ3n) is 7.41. The fraction of sp³-hybridized carbons (Fsp3) is 0.310. The highest BCUT2D eigenvalue weighted by molar-refractivity contribution is 5.91. The number of amides is 1. The maximum absolute atomic E-state index is 14.1. The summed E-state index contributed by atoms with van der Waals surface area (Å²) in [7, 11) is 0. The zero-order chi connectivity index (χ0) is 23.5. The second kappa shape index (κ2) is 9.82. The number of carboxylic acid groups (broad SMARTS) is 1. The first kappa shape index (κ1) is 22.4. The van der Waals surface area contributed by atoms with E-state index in [9.17, 15) is 14.7 Å². The van der Waals surface area contributed by atoms with Crippen LogP contribution in [0.25, 0.3) is 0 Å². The summed E-state index contributed by atoms with van der Waals surface area (Å²) in [5, 5.41) is 13.9. The van der Waals surface area contributed by atoms with Crippen LogP contribution >= 0.6 is 0 Å². The summed E-state index contributed by atoms with van der Waals surface area (Å²) in [4.78, 5) is 28.4. The number of piperidine rings is 2. The molecule has 174 valence electrons. The molecule has 3 fully saturated rings. The van der Waals surface area contributed by atoms with E-state index in [1.165, 1.54) is 5.56 Å². The molecule has 2 bridgehead atoms. The summed E-state index contributed by atoms with van der Waals surface area (Å²) in [6.07, 6.45) is 2.45. The minimum Gasteiger partial charge on any atom is -0.480 e. The molecule has 34 heavy (non-hydrogen) atoms. The molecule has 3 aromatic rings. The molecule has 4 atom stereocenters. The van der Waals surface area contributed by atoms with Crippen molar-refractivity contribution in [2.45, 2.75) is 49.9 Å². The summed E-state index contributed by atoms with van der Waals surface area (Å²) >= 11 is 0. The van der Waals surface area contributed by atoms with E-state index in [-0.39, 0.29) is 23.9 Å². The molecule has 2 unspecified atom stereocenters. The van der Waals surface area contributed by atoms with E-state index >= 15 is 0 Å². The molecule has 0 radical (unpaired) electrons. The van der Waals surface area contributed by atoms with Gasteiger partial charge >= 0.3 is 5.97 Å². The average molecular weight is 455 g/mol. The van der Waals surface area contributed by atoms with Gasteiger partial charge in [0.2, 0.25) is 5.91 Å². The molecule has 0 spiro atoms. The molecule has 2 aliphatic heterocycles. The minimum absolute atomic E-state index is 0.0796. The molecule has 1 aliphatic carbocycles. The van der Waals surface area contributed by atoms with Gasteiger partial charge in [0, 0.05) is 24.5 Å². The molecule has 2 saturated heterocycles. The summed E-state index contributed by atoms with van der Waals surface area (Å²) in [5.41, 5.74) is 2.96. The van der Waals surface area contributed by atoms with Crippen LogP contribution in [0.1, 0.15) is 41.9 Å². The summed E-state index contributed by atoms with van der Waals surface area (Å²) in [6, 6.07) is 28.7. The first-order valence-corrected chi connectivity index (χ1v) is 12.1. The third-order valence-corrected chi connectivity index (χ3v) is 7.41. The molecule has 0 aromatic heterocycles. The first-order valence-electron chi connectivity index (χ1n) is 12.1. The number of carbonyl (C=O) groups excluding carboxylic acids is 1. The topological polar surface area (TPSA) is 69.6 Å². The number of hydrogen-bond acceptors (Lipinski definition) is 3. The number of hydrogen-bond donors (Lipinski definition) is 2. The molecule has 1 amide bonds. The van der Waals surface area contributed by atoms with E-state index in [1.54, 1.807) is 4.90 Å². The van der Waals surface area contributed by atoms with Gasteiger partial charge in [0.25, 0.3) is 0 Å². The van der Waals surface area contributed by atoms with Gasteiger partial charge in [-0.2, -0.15) is 0 Å². The van der Waals surface area contributed by atoms with E-state index in [4.69, 9.17) is 0 Å². The molecule has 2 N–H and O–H groups in total. The quantitative estimate of drug-likeness (QED) is 0.554. The second-order valence-corrected chi connectivity index (χ2v) is 9.39. The predicted octanol–water partition coefficient (Wildman–Crippen LogP) is 4.44. The SMILES string of the molecule is O=C(O)[C@@H]1[C@H]2CCC(CC2NCc2ccccc2)N1C(=O)C(c1ccccc1)c1ccccc1. The maximum Gasteiger partial charge on any atom is 0.326 e. The maximum atomic E-state index is 14.1. The van der Waals surface area contributed by atoms with Crippen molar-refractivity contribution in [3.05, 3.63) is 108 Å². The van der Waals surface area contributed by atoms with Crippen LogP contribution in [0.2, 0.25) is 0 Å². The molecule has 3 aliphatic rings. The molecule has 1 saturated carbocycles. The van der Waals surface area contributed by atoms with E-state index in [1.807, 2.05) is 78.9 Å². The molecule has 5 nitrogen and oxygen atoms in total. The van der Waals surface area contributed by atoms with Crippen LogP contribution in [-0.2, 0) is 16.1 Å². The Bertz CT molecular complexity index is 1080. The zero-order valence-electron chi connectivity index (χ0n) is 19.1. The lowest BCUT2D eigenvalue weighted by molar-refractivity contribution is -0.165. The molecule has 6 rings (SSSR count). The van der Waals surface area contributed by atoms with Crippen molar-refractivity contribution in [3.8, 4) is 0 Å². The standard InChI is InChI=1S/C29H30N2O3/c32-28(26(21-12-6-2-7-13-21)22-14-8-3-9-15-22)31-23-16-17-24(27(31)29(33)34)25(18-23)30-19-20-10-4-1-5-11-20/h1-15,23-27,30H,16-19H2,(H,33,34)/t23?,24-,25?,27-/m0/s1. The highest BCUT2D eigenvalue weighted by atomic mass is 16.4. The van der Waals surface area contributed by atoms with Crippen molar-refractivity contribution in [2.75, 3.05) is 0 Å². The molecule has 5 heteroatoms. The van der Waals surface area contributed by atoms with Gasteiger partial charge in [0.05, 0.1) is 5.92 Å². The van der Waals surface area contributed by atoms with Gasteiger partial charge in [-0.3, -0.25) is 4.79 Å². The van der Waals surface area contributed by atoms with Crippen LogP contribution < -0.4 is 5.32 Å². The number of aliphatic carboxylic acids is 1. The Morgan fingerprint density at radius 2 is 1.41 bits per heavy atom. The van der Waals surface area contributed by atoms with Crippen molar-refractivity contribution in [2.24, 2.45) is 5.92 Å². The fourth-order valence-corrected chi connectivity index (χ4v) is 5.85. The van der Waals surface area contributed by atoms with Crippen LogP contribution in [0.15, 0.2) is 91.0 Å². The van der Waals surface area contributed by atoms with Crippen molar-refractivity contribution in [3.63, 3.8) is 0 Å². The Balaban J connectivity index is 1.43. The van der Waals surface area contributed by atoms with Crippen LogP contribution in [0, 0.1) is 5.92 Å². The highest BCUT2D eigenvalue weighted by Crippen LogP contribution is 2.42. The molecule has 2 heterocycles. The van der Waals surface area contributed by atoms with Crippen LogP contribution in [0.3, 0.4) is 0 Å².